The molecule has 1 aromatic carbocycles. The van der Waals surface area contributed by atoms with Gasteiger partial charge in [-0.05, 0) is 24.3 Å². The molecular formula is C17H13N3O6S. The minimum absolute atomic E-state index is 0.0218. The molecule has 0 aliphatic heterocycles. The summed E-state index contributed by atoms with van der Waals surface area (Å²) < 4.78 is 41.7. The Hall–Kier alpha value is -3.42. The van der Waals surface area contributed by atoms with Crippen LogP contribution in [0.2, 0.25) is 0 Å². The van der Waals surface area contributed by atoms with E-state index in [1.165, 1.54) is 24.5 Å². The molecule has 27 heavy (non-hydrogen) atoms. The molecule has 10 heteroatoms. The van der Waals surface area contributed by atoms with Crippen LogP contribution in [-0.4, -0.2) is 26.1 Å². The van der Waals surface area contributed by atoms with Crippen LogP contribution in [0.15, 0.2) is 62.6 Å². The predicted molar refractivity (Wildman–Crippen MR) is 90.3 cm³/mol. The highest BCUT2D eigenvalue weighted by Crippen LogP contribution is 2.20. The molecule has 0 bridgehead atoms. The minimum Gasteiger partial charge on any atom is -0.461 e. The van der Waals surface area contributed by atoms with Crippen LogP contribution in [0, 0.1) is 11.3 Å². The second-order valence-corrected chi connectivity index (χ2v) is 6.99. The van der Waals surface area contributed by atoms with Gasteiger partial charge >= 0.3 is 5.97 Å². The van der Waals surface area contributed by atoms with Crippen LogP contribution in [0.4, 0.5) is 0 Å². The van der Waals surface area contributed by atoms with E-state index in [1.807, 2.05) is 0 Å². The van der Waals surface area contributed by atoms with E-state index in [2.05, 4.69) is 9.88 Å². The molecular weight excluding hydrogens is 374 g/mol. The van der Waals surface area contributed by atoms with Gasteiger partial charge in [0.1, 0.15) is 24.9 Å². The number of hydrogen-bond acceptors (Lipinski definition) is 8. The van der Waals surface area contributed by atoms with Crippen molar-refractivity contribution in [3.63, 3.8) is 0 Å². The van der Waals surface area contributed by atoms with E-state index in [0.29, 0.717) is 17.2 Å². The number of sulfonamides is 1. The van der Waals surface area contributed by atoms with Gasteiger partial charge in [0.15, 0.2) is 5.76 Å². The largest absolute Gasteiger partial charge is 0.461 e. The van der Waals surface area contributed by atoms with Gasteiger partial charge in [-0.2, -0.15) is 9.98 Å². The van der Waals surface area contributed by atoms with Crippen molar-refractivity contribution in [1.29, 1.82) is 5.26 Å². The van der Waals surface area contributed by atoms with Gasteiger partial charge < -0.3 is 13.7 Å². The maximum atomic E-state index is 12.2. The van der Waals surface area contributed by atoms with Crippen LogP contribution in [0.1, 0.15) is 11.3 Å². The first kappa shape index (κ1) is 18.4. The number of rotatable bonds is 7. The number of benzene rings is 1. The number of ether oxygens (including phenoxy) is 1. The highest BCUT2D eigenvalue weighted by Gasteiger charge is 2.20. The number of esters is 1. The van der Waals surface area contributed by atoms with Crippen LogP contribution in [0.25, 0.3) is 11.5 Å². The molecule has 3 aromatic rings. The zero-order chi connectivity index (χ0) is 19.3. The molecule has 0 aliphatic rings. The summed E-state index contributed by atoms with van der Waals surface area (Å²) >= 11 is 0. The molecule has 3 rings (SSSR count). The second-order valence-electron chi connectivity index (χ2n) is 5.25. The van der Waals surface area contributed by atoms with Gasteiger partial charge in [0, 0.05) is 6.07 Å². The number of nitrogens with one attached hydrogen (secondary N) is 1. The summed E-state index contributed by atoms with van der Waals surface area (Å²) in [4.78, 5) is 11.6. The Morgan fingerprint density at radius 2 is 2.04 bits per heavy atom. The lowest BCUT2D eigenvalue weighted by Gasteiger charge is -2.07. The summed E-state index contributed by atoms with van der Waals surface area (Å²) in [6.45, 7) is -0.787. The summed E-state index contributed by atoms with van der Waals surface area (Å²) in [5, 5.41) is 12.7. The van der Waals surface area contributed by atoms with Crippen LogP contribution in [-0.2, 0) is 26.2 Å². The number of carbonyl (C=O) groups excluding carboxylic acids is 1. The van der Waals surface area contributed by atoms with Crippen LogP contribution >= 0.6 is 0 Å². The number of hydrogen-bond donors (Lipinski definition) is 1. The van der Waals surface area contributed by atoms with Crippen molar-refractivity contribution < 1.29 is 26.9 Å². The average molecular weight is 387 g/mol. The van der Waals surface area contributed by atoms with Crippen molar-refractivity contribution in [2.24, 2.45) is 0 Å². The van der Waals surface area contributed by atoms with Crippen LogP contribution in [0.5, 0.6) is 0 Å². The molecule has 0 radical (unpaired) electrons. The third-order valence-corrected chi connectivity index (χ3v) is 4.87. The van der Waals surface area contributed by atoms with E-state index in [4.69, 9.17) is 18.9 Å². The van der Waals surface area contributed by atoms with E-state index >= 15 is 0 Å². The van der Waals surface area contributed by atoms with Crippen molar-refractivity contribution in [1.82, 2.24) is 9.88 Å². The molecule has 0 saturated carbocycles. The lowest BCUT2D eigenvalue weighted by molar-refractivity contribution is -0.143. The highest BCUT2D eigenvalue weighted by molar-refractivity contribution is 7.89. The van der Waals surface area contributed by atoms with Gasteiger partial charge in [-0.1, -0.05) is 17.3 Å². The van der Waals surface area contributed by atoms with Crippen molar-refractivity contribution in [3.05, 3.63) is 60.0 Å². The first-order valence-corrected chi connectivity index (χ1v) is 9.12. The molecule has 0 aliphatic carbocycles. The lowest BCUT2D eigenvalue weighted by Crippen LogP contribution is -2.31. The van der Waals surface area contributed by atoms with Gasteiger partial charge in [-0.25, -0.2) is 8.42 Å². The third kappa shape index (κ3) is 4.41. The van der Waals surface area contributed by atoms with E-state index < -0.39 is 22.5 Å². The Labute approximate surface area is 154 Å². The summed E-state index contributed by atoms with van der Waals surface area (Å²) in [6.07, 6.45) is 1.48. The van der Waals surface area contributed by atoms with Crippen molar-refractivity contribution in [2.75, 3.05) is 6.54 Å². The molecule has 138 valence electrons. The van der Waals surface area contributed by atoms with Gasteiger partial charge in [0.2, 0.25) is 15.8 Å². The number of aromatic nitrogens is 1. The van der Waals surface area contributed by atoms with E-state index in [9.17, 15) is 13.2 Å². The smallest absolute Gasteiger partial charge is 0.321 e. The normalized spacial score (nSPS) is 11.1. The minimum atomic E-state index is -4.03. The molecule has 0 saturated heterocycles. The van der Waals surface area contributed by atoms with Crippen LogP contribution in [0.3, 0.4) is 0 Å². The lowest BCUT2D eigenvalue weighted by atomic mass is 10.2. The fourth-order valence-corrected chi connectivity index (χ4v) is 3.27. The molecule has 2 aromatic heterocycles. The molecule has 2 heterocycles. The number of furan rings is 1. The topological polar surface area (TPSA) is 135 Å². The van der Waals surface area contributed by atoms with Crippen LogP contribution < -0.4 is 4.72 Å². The van der Waals surface area contributed by atoms with E-state index in [0.717, 1.165) is 0 Å². The van der Waals surface area contributed by atoms with Crippen molar-refractivity contribution in [3.8, 4) is 17.6 Å². The zero-order valence-electron chi connectivity index (χ0n) is 13.8. The average Bonchev–Trinajstić information content (AvgIpc) is 3.36. The number of nitrogens with zero attached hydrogens (tertiary/aromatic N) is 2. The fraction of sp³-hybridized carbons (Fsp3) is 0.118. The summed E-state index contributed by atoms with van der Waals surface area (Å²) in [5.74, 6) is 0.0411. The predicted octanol–water partition coefficient (Wildman–Crippen LogP) is 1.83. The Morgan fingerprint density at radius 3 is 2.78 bits per heavy atom. The summed E-state index contributed by atoms with van der Waals surface area (Å²) in [6, 6.07) is 12.4. The zero-order valence-corrected chi connectivity index (χ0v) is 14.6. The molecule has 0 atom stereocenters. The van der Waals surface area contributed by atoms with E-state index in [1.54, 1.807) is 30.3 Å². The third-order valence-electron chi connectivity index (χ3n) is 3.41. The Morgan fingerprint density at radius 1 is 1.22 bits per heavy atom. The summed E-state index contributed by atoms with van der Waals surface area (Å²) in [7, 11) is -4.03. The SMILES string of the molecule is N#Cc1ccccc1S(=O)(=O)NCC(=O)OCc1cc(-c2ccco2)on1. The Bertz CT molecular complexity index is 1080. The molecule has 0 spiro atoms. The van der Waals surface area contributed by atoms with Gasteiger partial charge in [-0.15, -0.1) is 0 Å². The Kier molecular flexibility index (Phi) is 5.35. The second kappa shape index (κ2) is 7.86. The van der Waals surface area contributed by atoms with E-state index in [-0.39, 0.29) is 17.1 Å². The van der Waals surface area contributed by atoms with Crippen molar-refractivity contribution >= 4 is 16.0 Å². The monoisotopic (exact) mass is 387 g/mol. The first-order chi connectivity index (χ1) is 13.0. The Balaban J connectivity index is 1.55. The standard InChI is InChI=1S/C17H13N3O6S/c18-9-12-4-1-2-6-16(12)27(22,23)19-10-17(21)25-11-13-8-15(26-20-13)14-5-3-7-24-14/h1-8,19H,10-11H2. The number of nitriles is 1. The van der Waals surface area contributed by atoms with Gasteiger partial charge in [0.05, 0.1) is 16.7 Å². The number of carbonyl (C=O) groups is 1. The maximum absolute atomic E-state index is 12.2. The van der Waals surface area contributed by atoms with Gasteiger partial charge in [0.25, 0.3) is 0 Å². The first-order valence-electron chi connectivity index (χ1n) is 7.63. The molecule has 0 fully saturated rings. The summed E-state index contributed by atoms with van der Waals surface area (Å²) in [5.41, 5.74) is 0.318. The van der Waals surface area contributed by atoms with Crippen molar-refractivity contribution in [2.45, 2.75) is 11.5 Å². The quantitative estimate of drug-likeness (QED) is 0.607. The molecule has 9 nitrogen and oxygen atoms in total. The molecule has 0 unspecified atom stereocenters. The highest BCUT2D eigenvalue weighted by atomic mass is 32.2. The fourth-order valence-electron chi connectivity index (χ4n) is 2.15. The van der Waals surface area contributed by atoms with Gasteiger partial charge in [-0.3, -0.25) is 4.79 Å². The molecule has 0 amide bonds. The maximum Gasteiger partial charge on any atom is 0.321 e. The molecule has 1 N–H and O–H groups in total.